The molecule has 0 aliphatic rings. The lowest BCUT2D eigenvalue weighted by Gasteiger charge is -2.21. The van der Waals surface area contributed by atoms with Crippen LogP contribution in [0.15, 0.2) is 47.1 Å². The molecule has 0 bridgehead atoms. The van der Waals surface area contributed by atoms with Crippen LogP contribution in [0.25, 0.3) is 0 Å². The molecule has 0 aliphatic heterocycles. The van der Waals surface area contributed by atoms with Crippen LogP contribution < -0.4 is 16.0 Å². The summed E-state index contributed by atoms with van der Waals surface area (Å²) in [6.07, 6.45) is 1.68. The Bertz CT molecular complexity index is 752. The fourth-order valence-electron chi connectivity index (χ4n) is 2.35. The summed E-state index contributed by atoms with van der Waals surface area (Å²) >= 11 is 0. The monoisotopic (exact) mass is 357 g/mol. The van der Waals surface area contributed by atoms with Crippen molar-refractivity contribution in [3.63, 3.8) is 0 Å². The van der Waals surface area contributed by atoms with Crippen LogP contribution in [0.2, 0.25) is 0 Å². The van der Waals surface area contributed by atoms with Crippen molar-refractivity contribution in [3.8, 4) is 0 Å². The molecule has 1 aromatic heterocycles. The Morgan fingerprint density at radius 2 is 1.77 bits per heavy atom. The van der Waals surface area contributed by atoms with Gasteiger partial charge in [-0.05, 0) is 35.7 Å². The summed E-state index contributed by atoms with van der Waals surface area (Å²) in [6.45, 7) is 3.69. The number of hydrogen-bond donors (Lipinski definition) is 3. The second-order valence-electron chi connectivity index (χ2n) is 6.21. The zero-order chi connectivity index (χ0) is 19.1. The summed E-state index contributed by atoms with van der Waals surface area (Å²) in [4.78, 5) is 36.1. The number of amides is 3. The molecule has 0 saturated heterocycles. The van der Waals surface area contributed by atoms with E-state index >= 15 is 0 Å². The van der Waals surface area contributed by atoms with E-state index < -0.39 is 11.9 Å². The maximum atomic E-state index is 12.5. The molecule has 1 heterocycles. The third-order valence-electron chi connectivity index (χ3n) is 3.85. The Morgan fingerprint density at radius 1 is 1.08 bits per heavy atom. The molecular weight excluding hydrogens is 334 g/mol. The van der Waals surface area contributed by atoms with Crippen molar-refractivity contribution < 1.29 is 18.8 Å². The molecule has 3 N–H and O–H groups in total. The minimum Gasteiger partial charge on any atom is -0.459 e. The van der Waals surface area contributed by atoms with Gasteiger partial charge in [-0.1, -0.05) is 26.0 Å². The maximum Gasteiger partial charge on any atom is 0.287 e. The van der Waals surface area contributed by atoms with Gasteiger partial charge in [0.25, 0.3) is 5.91 Å². The van der Waals surface area contributed by atoms with E-state index in [0.29, 0.717) is 5.69 Å². The third kappa shape index (κ3) is 5.20. The summed E-state index contributed by atoms with van der Waals surface area (Å²) < 4.78 is 5.05. The topological polar surface area (TPSA) is 100 Å². The Balaban J connectivity index is 2.00. The van der Waals surface area contributed by atoms with Gasteiger partial charge in [-0.3, -0.25) is 14.4 Å². The second-order valence-corrected chi connectivity index (χ2v) is 6.21. The molecule has 1 aromatic carbocycles. The average Bonchev–Trinajstić information content (AvgIpc) is 3.15. The molecule has 1 unspecified atom stereocenters. The van der Waals surface area contributed by atoms with Crippen molar-refractivity contribution in [2.75, 3.05) is 12.4 Å². The van der Waals surface area contributed by atoms with Gasteiger partial charge in [0, 0.05) is 12.7 Å². The highest BCUT2D eigenvalue weighted by molar-refractivity contribution is 6.00. The van der Waals surface area contributed by atoms with Crippen LogP contribution in [0.3, 0.4) is 0 Å². The van der Waals surface area contributed by atoms with Crippen LogP contribution in [-0.4, -0.2) is 30.8 Å². The van der Waals surface area contributed by atoms with Crippen LogP contribution in [0.1, 0.15) is 30.0 Å². The smallest absolute Gasteiger partial charge is 0.287 e. The van der Waals surface area contributed by atoms with Crippen LogP contribution in [0.4, 0.5) is 5.69 Å². The molecular formula is C19H23N3O4. The number of hydrogen-bond acceptors (Lipinski definition) is 4. The molecule has 1 atom stereocenters. The maximum absolute atomic E-state index is 12.5. The first-order valence-corrected chi connectivity index (χ1v) is 8.35. The number of nitrogens with one attached hydrogen (secondary N) is 3. The predicted octanol–water partition coefficient (Wildman–Crippen LogP) is 1.96. The van der Waals surface area contributed by atoms with Crippen molar-refractivity contribution in [2.45, 2.75) is 26.3 Å². The van der Waals surface area contributed by atoms with Crippen molar-refractivity contribution in [1.82, 2.24) is 10.6 Å². The molecule has 0 fully saturated rings. The van der Waals surface area contributed by atoms with Crippen LogP contribution >= 0.6 is 0 Å². The Labute approximate surface area is 152 Å². The zero-order valence-electron chi connectivity index (χ0n) is 15.0. The number of furan rings is 1. The summed E-state index contributed by atoms with van der Waals surface area (Å²) in [5.74, 6) is -0.797. The molecule has 0 spiro atoms. The van der Waals surface area contributed by atoms with Gasteiger partial charge in [-0.25, -0.2) is 0 Å². The predicted molar refractivity (Wildman–Crippen MR) is 97.6 cm³/mol. The Hall–Kier alpha value is -3.09. The number of carbonyl (C=O) groups is 3. The molecule has 3 amide bonds. The largest absolute Gasteiger partial charge is 0.459 e. The molecule has 0 saturated carbocycles. The molecule has 2 rings (SSSR count). The third-order valence-corrected chi connectivity index (χ3v) is 3.85. The van der Waals surface area contributed by atoms with E-state index in [1.165, 1.54) is 12.3 Å². The lowest BCUT2D eigenvalue weighted by atomic mass is 10.0. The van der Waals surface area contributed by atoms with E-state index in [4.69, 9.17) is 4.42 Å². The summed E-state index contributed by atoms with van der Waals surface area (Å²) in [5, 5.41) is 8.03. The van der Waals surface area contributed by atoms with Crippen molar-refractivity contribution in [3.05, 3.63) is 54.0 Å². The zero-order valence-corrected chi connectivity index (χ0v) is 15.0. The van der Waals surface area contributed by atoms with E-state index in [2.05, 4.69) is 16.0 Å². The number of rotatable bonds is 7. The minimum atomic E-state index is -0.710. The normalized spacial score (nSPS) is 11.7. The van der Waals surface area contributed by atoms with Gasteiger partial charge in [-0.15, -0.1) is 0 Å². The first-order valence-electron chi connectivity index (χ1n) is 8.35. The first kappa shape index (κ1) is 19.2. The van der Waals surface area contributed by atoms with E-state index in [1.54, 1.807) is 37.4 Å². The van der Waals surface area contributed by atoms with Crippen LogP contribution in [0, 0.1) is 5.92 Å². The molecule has 26 heavy (non-hydrogen) atoms. The Kier molecular flexibility index (Phi) is 6.54. The Morgan fingerprint density at radius 3 is 2.31 bits per heavy atom. The minimum absolute atomic E-state index is 0.0812. The highest BCUT2D eigenvalue weighted by atomic mass is 16.3. The van der Waals surface area contributed by atoms with Gasteiger partial charge in [0.05, 0.1) is 12.7 Å². The number of anilines is 1. The average molecular weight is 357 g/mol. The van der Waals surface area contributed by atoms with Gasteiger partial charge >= 0.3 is 0 Å². The molecule has 138 valence electrons. The SMILES string of the molecule is CNC(=O)Cc1ccc(NC(=O)C(NC(=O)c2ccco2)C(C)C)cc1. The quantitative estimate of drug-likeness (QED) is 0.705. The van der Waals surface area contributed by atoms with Gasteiger partial charge in [0.15, 0.2) is 5.76 Å². The van der Waals surface area contributed by atoms with Crippen LogP contribution in [0.5, 0.6) is 0 Å². The highest BCUT2D eigenvalue weighted by Crippen LogP contribution is 2.13. The fraction of sp³-hybridized carbons (Fsp3) is 0.316. The van der Waals surface area contributed by atoms with E-state index in [-0.39, 0.29) is 29.9 Å². The van der Waals surface area contributed by atoms with E-state index in [1.807, 2.05) is 13.8 Å². The molecule has 0 radical (unpaired) electrons. The van der Waals surface area contributed by atoms with Crippen molar-refractivity contribution >= 4 is 23.4 Å². The first-order chi connectivity index (χ1) is 12.4. The molecule has 2 aromatic rings. The van der Waals surface area contributed by atoms with E-state index in [0.717, 1.165) is 5.56 Å². The van der Waals surface area contributed by atoms with Gasteiger partial charge in [-0.2, -0.15) is 0 Å². The highest BCUT2D eigenvalue weighted by Gasteiger charge is 2.25. The summed E-state index contributed by atoms with van der Waals surface area (Å²) in [6, 6.07) is 9.44. The summed E-state index contributed by atoms with van der Waals surface area (Å²) in [5.41, 5.74) is 1.43. The van der Waals surface area contributed by atoms with Gasteiger partial charge < -0.3 is 20.4 Å². The fourth-order valence-corrected chi connectivity index (χ4v) is 2.35. The standard InChI is InChI=1S/C19H23N3O4/c1-12(2)17(22-18(24)15-5-4-10-26-15)19(25)21-14-8-6-13(7-9-14)11-16(23)20-3/h4-10,12,17H,11H2,1-3H3,(H,20,23)(H,21,25)(H,22,24). The second kappa shape index (κ2) is 8.84. The number of carbonyl (C=O) groups excluding carboxylic acids is 3. The molecule has 7 nitrogen and oxygen atoms in total. The van der Waals surface area contributed by atoms with Crippen molar-refractivity contribution in [1.29, 1.82) is 0 Å². The van der Waals surface area contributed by atoms with Crippen LogP contribution in [-0.2, 0) is 16.0 Å². The lowest BCUT2D eigenvalue weighted by Crippen LogP contribution is -2.47. The number of likely N-dealkylation sites (N-methyl/N-ethyl adjacent to an activating group) is 1. The van der Waals surface area contributed by atoms with E-state index in [9.17, 15) is 14.4 Å². The van der Waals surface area contributed by atoms with Gasteiger partial charge in [0.2, 0.25) is 11.8 Å². The molecule has 7 heteroatoms. The lowest BCUT2D eigenvalue weighted by molar-refractivity contribution is -0.120. The van der Waals surface area contributed by atoms with Crippen molar-refractivity contribution in [2.24, 2.45) is 5.92 Å². The van der Waals surface area contributed by atoms with Gasteiger partial charge in [0.1, 0.15) is 6.04 Å². The molecule has 0 aliphatic carbocycles. The summed E-state index contributed by atoms with van der Waals surface area (Å²) in [7, 11) is 1.58. The number of benzene rings is 1.